The van der Waals surface area contributed by atoms with Crippen LogP contribution in [0.1, 0.15) is 27.9 Å². The Kier molecular flexibility index (Phi) is 5.69. The van der Waals surface area contributed by atoms with Crippen LogP contribution in [0.4, 0.5) is 5.69 Å². The number of benzene rings is 1. The number of carbonyl (C=O) groups is 1. The van der Waals surface area contributed by atoms with Crippen molar-refractivity contribution in [2.45, 2.75) is 13.3 Å². The number of nitrogens with zero attached hydrogens (tertiary/aromatic N) is 1. The first-order valence-corrected chi connectivity index (χ1v) is 6.73. The van der Waals surface area contributed by atoms with E-state index in [-0.39, 0.29) is 11.3 Å². The highest BCUT2D eigenvalue weighted by atomic mass is 79.9. The molecule has 0 unspecified atom stereocenters. The number of nitro groups is 1. The number of rotatable bonds is 5. The van der Waals surface area contributed by atoms with Crippen molar-refractivity contribution >= 4 is 33.7 Å². The molecule has 0 N–H and O–H groups in total. The number of halogens is 1. The minimum Gasteiger partial charge on any atom is -0.465 e. The zero-order valence-electron chi connectivity index (χ0n) is 10.7. The van der Waals surface area contributed by atoms with E-state index in [4.69, 9.17) is 0 Å². The molecule has 6 heteroatoms. The van der Waals surface area contributed by atoms with Crippen molar-refractivity contribution in [2.75, 3.05) is 12.4 Å². The monoisotopic (exact) mass is 327 g/mol. The number of hydrogen-bond donors (Lipinski definition) is 0. The lowest BCUT2D eigenvalue weighted by atomic mass is 10.0. The summed E-state index contributed by atoms with van der Waals surface area (Å²) in [5.41, 5.74) is 1.42. The average Bonchev–Trinajstić information content (AvgIpc) is 2.39. The number of alkyl halides is 1. The van der Waals surface area contributed by atoms with Gasteiger partial charge in [0.15, 0.2) is 0 Å². The summed E-state index contributed by atoms with van der Waals surface area (Å²) in [6, 6.07) is 2.69. The van der Waals surface area contributed by atoms with E-state index in [1.165, 1.54) is 19.2 Å². The summed E-state index contributed by atoms with van der Waals surface area (Å²) in [5.74, 6) is -0.573. The first-order valence-electron chi connectivity index (χ1n) is 5.61. The Balaban J connectivity index is 3.32. The Morgan fingerprint density at radius 2 is 2.21 bits per heavy atom. The Hall–Kier alpha value is -1.69. The molecule has 102 valence electrons. The van der Waals surface area contributed by atoms with E-state index in [2.05, 4.69) is 20.7 Å². The molecule has 0 aromatic heterocycles. The summed E-state index contributed by atoms with van der Waals surface area (Å²) < 4.78 is 4.64. The van der Waals surface area contributed by atoms with Gasteiger partial charge in [0, 0.05) is 17.5 Å². The smallest absolute Gasteiger partial charge is 0.338 e. The van der Waals surface area contributed by atoms with Crippen LogP contribution in [0.5, 0.6) is 0 Å². The van der Waals surface area contributed by atoms with Crippen molar-refractivity contribution in [3.8, 4) is 0 Å². The summed E-state index contributed by atoms with van der Waals surface area (Å²) in [6.45, 7) is 1.74. The van der Waals surface area contributed by atoms with E-state index < -0.39 is 10.9 Å². The van der Waals surface area contributed by atoms with Crippen molar-refractivity contribution in [3.63, 3.8) is 0 Å². The molecule has 1 rings (SSSR count). The van der Waals surface area contributed by atoms with Gasteiger partial charge in [0.1, 0.15) is 0 Å². The maximum Gasteiger partial charge on any atom is 0.338 e. The molecule has 0 fully saturated rings. The highest BCUT2D eigenvalue weighted by Gasteiger charge is 2.18. The lowest BCUT2D eigenvalue weighted by molar-refractivity contribution is -0.384. The second-order valence-electron chi connectivity index (χ2n) is 3.84. The minimum absolute atomic E-state index is 0.121. The number of allylic oxidation sites excluding steroid dienone is 1. The number of hydrogen-bond acceptors (Lipinski definition) is 4. The molecule has 0 saturated carbocycles. The molecule has 0 radical (unpaired) electrons. The number of non-ortho nitro benzene ring substituents is 1. The Morgan fingerprint density at radius 3 is 2.74 bits per heavy atom. The summed E-state index contributed by atoms with van der Waals surface area (Å²) in [4.78, 5) is 22.0. The largest absolute Gasteiger partial charge is 0.465 e. The molecule has 1 aromatic carbocycles. The van der Waals surface area contributed by atoms with E-state index in [0.717, 1.165) is 11.8 Å². The number of carbonyl (C=O) groups excluding carboxylic acids is 1. The van der Waals surface area contributed by atoms with Crippen LogP contribution in [-0.4, -0.2) is 23.3 Å². The van der Waals surface area contributed by atoms with Gasteiger partial charge in [-0.1, -0.05) is 28.1 Å². The molecule has 5 nitrogen and oxygen atoms in total. The van der Waals surface area contributed by atoms with Crippen LogP contribution in [0.3, 0.4) is 0 Å². The van der Waals surface area contributed by atoms with Crippen molar-refractivity contribution in [1.29, 1.82) is 0 Å². The first-order chi connectivity index (χ1) is 9.01. The van der Waals surface area contributed by atoms with Gasteiger partial charge in [-0.25, -0.2) is 4.79 Å². The highest BCUT2D eigenvalue weighted by molar-refractivity contribution is 9.09. The molecule has 0 amide bonds. The first kappa shape index (κ1) is 15.4. The predicted molar refractivity (Wildman–Crippen MR) is 76.6 cm³/mol. The lowest BCUT2D eigenvalue weighted by Crippen LogP contribution is -2.06. The fourth-order valence-electron chi connectivity index (χ4n) is 1.59. The molecule has 19 heavy (non-hydrogen) atoms. The van der Waals surface area contributed by atoms with Gasteiger partial charge >= 0.3 is 5.97 Å². The van der Waals surface area contributed by atoms with Gasteiger partial charge < -0.3 is 4.74 Å². The molecule has 0 atom stereocenters. The summed E-state index contributed by atoms with van der Waals surface area (Å²) in [7, 11) is 1.25. The van der Waals surface area contributed by atoms with Crippen molar-refractivity contribution in [3.05, 3.63) is 45.0 Å². The van der Waals surface area contributed by atoms with Gasteiger partial charge in [0.05, 0.1) is 17.6 Å². The molecular weight excluding hydrogens is 314 g/mol. The van der Waals surface area contributed by atoms with Crippen LogP contribution in [0.2, 0.25) is 0 Å². The van der Waals surface area contributed by atoms with Crippen LogP contribution < -0.4 is 0 Å². The molecule has 0 aliphatic heterocycles. The third kappa shape index (κ3) is 3.89. The maximum atomic E-state index is 11.6. The van der Waals surface area contributed by atoms with Crippen molar-refractivity contribution in [2.24, 2.45) is 0 Å². The SMILES string of the molecule is COC(=O)c1cc([N+](=O)[O-])cc(C=CCCBr)c1C. The van der Waals surface area contributed by atoms with Crippen molar-refractivity contribution < 1.29 is 14.5 Å². The van der Waals surface area contributed by atoms with E-state index in [1.807, 2.05) is 6.08 Å². The zero-order valence-corrected chi connectivity index (χ0v) is 12.3. The van der Waals surface area contributed by atoms with Gasteiger partial charge in [0.25, 0.3) is 5.69 Å². The summed E-state index contributed by atoms with van der Waals surface area (Å²) in [5, 5.41) is 11.7. The molecule has 0 spiro atoms. The quantitative estimate of drug-likeness (QED) is 0.359. The zero-order chi connectivity index (χ0) is 14.4. The fraction of sp³-hybridized carbons (Fsp3) is 0.308. The van der Waals surface area contributed by atoms with Crippen molar-refractivity contribution in [1.82, 2.24) is 0 Å². The van der Waals surface area contributed by atoms with Crippen LogP contribution in [0, 0.1) is 17.0 Å². The number of nitro benzene ring substituents is 1. The fourth-order valence-corrected chi connectivity index (χ4v) is 1.86. The minimum atomic E-state index is -0.573. The molecule has 0 aliphatic carbocycles. The molecule has 0 bridgehead atoms. The molecule has 0 heterocycles. The van der Waals surface area contributed by atoms with Gasteiger partial charge in [0.2, 0.25) is 0 Å². The summed E-state index contributed by atoms with van der Waals surface area (Å²) >= 11 is 3.29. The Bertz CT molecular complexity index is 526. The van der Waals surface area contributed by atoms with E-state index in [9.17, 15) is 14.9 Å². The van der Waals surface area contributed by atoms with Crippen LogP contribution >= 0.6 is 15.9 Å². The molecule has 0 aliphatic rings. The van der Waals surface area contributed by atoms with Gasteiger partial charge in [-0.3, -0.25) is 10.1 Å². The van der Waals surface area contributed by atoms with Gasteiger partial charge in [-0.15, -0.1) is 0 Å². The highest BCUT2D eigenvalue weighted by Crippen LogP contribution is 2.24. The van der Waals surface area contributed by atoms with Gasteiger partial charge in [-0.2, -0.15) is 0 Å². The van der Waals surface area contributed by atoms with E-state index in [0.29, 0.717) is 11.1 Å². The maximum absolute atomic E-state index is 11.6. The number of ether oxygens (including phenoxy) is 1. The third-order valence-electron chi connectivity index (χ3n) is 2.62. The Labute approximate surface area is 119 Å². The predicted octanol–water partition coefficient (Wildman–Crippen LogP) is 3.49. The second kappa shape index (κ2) is 7.04. The third-order valence-corrected chi connectivity index (χ3v) is 3.08. The molecule has 0 saturated heterocycles. The Morgan fingerprint density at radius 1 is 1.53 bits per heavy atom. The second-order valence-corrected chi connectivity index (χ2v) is 4.63. The number of methoxy groups -OCH3 is 1. The standard InChI is InChI=1S/C13H14BrNO4/c1-9-10(5-3-4-6-14)7-11(15(17)18)8-12(9)13(16)19-2/h3,5,7-8H,4,6H2,1-2H3. The van der Waals surface area contributed by atoms with E-state index in [1.54, 1.807) is 13.0 Å². The van der Waals surface area contributed by atoms with Crippen LogP contribution in [0.25, 0.3) is 6.08 Å². The average molecular weight is 328 g/mol. The van der Waals surface area contributed by atoms with Crippen LogP contribution in [0.15, 0.2) is 18.2 Å². The van der Waals surface area contributed by atoms with Crippen LogP contribution in [-0.2, 0) is 4.74 Å². The topological polar surface area (TPSA) is 69.4 Å². The number of esters is 1. The van der Waals surface area contributed by atoms with Gasteiger partial charge in [-0.05, 0) is 24.5 Å². The van der Waals surface area contributed by atoms with E-state index >= 15 is 0 Å². The lowest BCUT2D eigenvalue weighted by Gasteiger charge is -2.07. The summed E-state index contributed by atoms with van der Waals surface area (Å²) in [6.07, 6.45) is 4.47. The molecule has 1 aromatic rings. The normalized spacial score (nSPS) is 10.7. The molecular formula is C13H14BrNO4.